The first-order valence-electron chi connectivity index (χ1n) is 24.0. The lowest BCUT2D eigenvalue weighted by atomic mass is 10.00. The summed E-state index contributed by atoms with van der Waals surface area (Å²) in [6.07, 6.45) is 10.6. The van der Waals surface area contributed by atoms with E-state index < -0.39 is 39.1 Å². The van der Waals surface area contributed by atoms with Crippen molar-refractivity contribution in [2.75, 3.05) is 60.7 Å². The SMILES string of the molecule is CCCCCCOc1ccc(/C=C2\Sc3cccc(CC(=O)OC[C@H](COP(=O)(O)OCC[N+](C)(C)C)OC(=O)Cc4cccc5c4C(=O)/C(=C\c4ccc(OCCCCCC)cc4)S5)c3C2=O)cc1. The van der Waals surface area contributed by atoms with Crippen molar-refractivity contribution < 1.29 is 61.1 Å². The molecule has 0 aliphatic carbocycles. The van der Waals surface area contributed by atoms with Gasteiger partial charge in [-0.05, 0) is 83.6 Å². The zero-order valence-electron chi connectivity index (χ0n) is 40.8. The maximum absolute atomic E-state index is 13.8. The van der Waals surface area contributed by atoms with Gasteiger partial charge in [0, 0.05) is 20.9 Å². The van der Waals surface area contributed by atoms with Crippen LogP contribution in [0.15, 0.2) is 105 Å². The van der Waals surface area contributed by atoms with Crippen molar-refractivity contribution in [3.05, 3.63) is 128 Å². The molecule has 6 rings (SSSR count). The van der Waals surface area contributed by atoms with Crippen LogP contribution in [-0.4, -0.2) is 99.7 Å². The number of unbranched alkanes of at least 4 members (excludes halogenated alkanes) is 6. The summed E-state index contributed by atoms with van der Waals surface area (Å²) in [6.45, 7) is 4.76. The van der Waals surface area contributed by atoms with Gasteiger partial charge >= 0.3 is 19.8 Å². The fraction of sp³-hybridized carbons (Fsp3) is 0.407. The second-order valence-electron chi connectivity index (χ2n) is 18.2. The third-order valence-corrected chi connectivity index (χ3v) is 14.4. The number of Topliss-reactive ketones (excluding diaryl/α,β-unsaturated/α-hetero) is 2. The molecule has 2 heterocycles. The highest BCUT2D eigenvalue weighted by molar-refractivity contribution is 8.05. The van der Waals surface area contributed by atoms with Crippen LogP contribution in [0.3, 0.4) is 0 Å². The Morgan fingerprint density at radius 1 is 0.629 bits per heavy atom. The molecule has 2 aliphatic rings. The van der Waals surface area contributed by atoms with Gasteiger partial charge in [-0.1, -0.05) is 124 Å². The molecule has 1 unspecified atom stereocenters. The van der Waals surface area contributed by atoms with Crippen molar-refractivity contribution in [2.24, 2.45) is 0 Å². The summed E-state index contributed by atoms with van der Waals surface area (Å²) < 4.78 is 46.9. The normalized spacial score (nSPS) is 15.7. The molecule has 0 saturated heterocycles. The van der Waals surface area contributed by atoms with Crippen molar-refractivity contribution in [3.63, 3.8) is 0 Å². The molecule has 0 fully saturated rings. The van der Waals surface area contributed by atoms with Gasteiger partial charge in [-0.2, -0.15) is 0 Å². The number of rotatable bonds is 28. The van der Waals surface area contributed by atoms with E-state index in [1.807, 2.05) is 87.9 Å². The number of hydrogen-bond acceptors (Lipinski definition) is 13. The van der Waals surface area contributed by atoms with E-state index in [2.05, 4.69) is 13.8 Å². The molecule has 0 amide bonds. The summed E-state index contributed by atoms with van der Waals surface area (Å²) in [6, 6.07) is 25.6. The number of benzene rings is 4. The molecule has 13 nitrogen and oxygen atoms in total. The number of nitrogens with zero attached hydrogens (tertiary/aromatic N) is 1. The molecular formula is C54H65NO12PS2+. The molecule has 4 aromatic carbocycles. The van der Waals surface area contributed by atoms with Gasteiger partial charge in [0.15, 0.2) is 6.10 Å². The highest BCUT2D eigenvalue weighted by atomic mass is 32.2. The Balaban J connectivity index is 1.08. The van der Waals surface area contributed by atoms with Crippen LogP contribution in [0.2, 0.25) is 0 Å². The summed E-state index contributed by atoms with van der Waals surface area (Å²) in [5.74, 6) is -0.447. The average Bonchev–Trinajstić information content (AvgIpc) is 3.82. The Morgan fingerprint density at radius 3 is 1.59 bits per heavy atom. The average molecular weight is 1020 g/mol. The fourth-order valence-corrected chi connectivity index (χ4v) is 10.4. The van der Waals surface area contributed by atoms with E-state index in [0.717, 1.165) is 61.2 Å². The van der Waals surface area contributed by atoms with Gasteiger partial charge in [-0.25, -0.2) is 4.57 Å². The molecule has 4 aromatic rings. The van der Waals surface area contributed by atoms with Crippen LogP contribution in [-0.2, 0) is 45.5 Å². The van der Waals surface area contributed by atoms with Crippen LogP contribution in [0.5, 0.6) is 11.5 Å². The standard InChI is InChI=1S/C54H64NO12PS2/c1-6-8-10-12-29-62-42-24-20-38(21-25-42)32-47-53(58)51-40(16-14-18-45(51)69-47)34-49(56)64-36-44(37-66-68(60,61)65-31-28-55(3,4)5)67-50(57)35-41-17-15-19-46-52(41)54(59)48(70-46)33-39-22-26-43(27-23-39)63-30-13-11-9-7-2/h14-27,32-33,44H,6-13,28-31,34-37H2,1-5H3/p+1/b47-32-,48-33+/t44-/m1/s1. The number of ketones is 2. The number of quaternary nitrogens is 1. The maximum Gasteiger partial charge on any atom is 0.472 e. The summed E-state index contributed by atoms with van der Waals surface area (Å²) in [7, 11) is 1.06. The lowest BCUT2D eigenvalue weighted by molar-refractivity contribution is -0.870. The van der Waals surface area contributed by atoms with Gasteiger partial charge in [0.25, 0.3) is 0 Å². The van der Waals surface area contributed by atoms with Gasteiger partial charge in [-0.3, -0.25) is 28.2 Å². The minimum Gasteiger partial charge on any atom is -0.494 e. The van der Waals surface area contributed by atoms with Crippen molar-refractivity contribution in [1.82, 2.24) is 0 Å². The van der Waals surface area contributed by atoms with Crippen LogP contribution < -0.4 is 9.47 Å². The van der Waals surface area contributed by atoms with Crippen molar-refractivity contribution in [2.45, 2.75) is 94.0 Å². The first-order valence-corrected chi connectivity index (χ1v) is 27.1. The van der Waals surface area contributed by atoms with E-state index >= 15 is 0 Å². The number of carbonyl (C=O) groups excluding carboxylic acids is 4. The second-order valence-corrected chi connectivity index (χ2v) is 21.8. The lowest BCUT2D eigenvalue weighted by Gasteiger charge is -2.24. The number of carbonyl (C=O) groups is 4. The minimum absolute atomic E-state index is 0.0902. The van der Waals surface area contributed by atoms with Crippen LogP contribution in [0.25, 0.3) is 12.2 Å². The molecule has 0 saturated carbocycles. The molecule has 374 valence electrons. The molecule has 0 radical (unpaired) electrons. The van der Waals surface area contributed by atoms with Crippen molar-refractivity contribution in [1.29, 1.82) is 0 Å². The minimum atomic E-state index is -4.62. The van der Waals surface area contributed by atoms with Crippen molar-refractivity contribution in [3.8, 4) is 11.5 Å². The maximum atomic E-state index is 13.8. The van der Waals surface area contributed by atoms with E-state index in [4.69, 9.17) is 28.0 Å². The number of thioether (sulfide) groups is 2. The molecule has 0 bridgehead atoms. The predicted octanol–water partition coefficient (Wildman–Crippen LogP) is 11.3. The number of allylic oxidation sites excluding steroid dienone is 2. The fourth-order valence-electron chi connectivity index (χ4n) is 7.50. The predicted molar refractivity (Wildman–Crippen MR) is 274 cm³/mol. The first kappa shape index (κ1) is 54.3. The van der Waals surface area contributed by atoms with Gasteiger partial charge in [0.2, 0.25) is 11.6 Å². The van der Waals surface area contributed by atoms with Gasteiger partial charge < -0.3 is 28.3 Å². The highest BCUT2D eigenvalue weighted by Gasteiger charge is 2.33. The second kappa shape index (κ2) is 26.5. The molecular weight excluding hydrogens is 950 g/mol. The van der Waals surface area contributed by atoms with Gasteiger partial charge in [-0.15, -0.1) is 0 Å². The zero-order chi connectivity index (χ0) is 50.1. The molecule has 2 aliphatic heterocycles. The number of phosphoric ester groups is 1. The summed E-state index contributed by atoms with van der Waals surface area (Å²) in [5.41, 5.74) is 3.32. The number of fused-ring (bicyclic) bond motifs is 2. The van der Waals surface area contributed by atoms with Crippen LogP contribution >= 0.6 is 31.3 Å². The topological polar surface area (TPSA) is 161 Å². The van der Waals surface area contributed by atoms with Crippen LogP contribution in [0, 0.1) is 0 Å². The third kappa shape index (κ3) is 16.8. The van der Waals surface area contributed by atoms with Crippen LogP contribution in [0.1, 0.15) is 108 Å². The Labute approximate surface area is 420 Å². The first-order chi connectivity index (χ1) is 33.6. The molecule has 1 N–H and O–H groups in total. The van der Waals surface area contributed by atoms with E-state index in [0.29, 0.717) is 66.1 Å². The smallest absolute Gasteiger partial charge is 0.472 e. The number of hydrogen-bond donors (Lipinski definition) is 1. The monoisotopic (exact) mass is 1010 g/mol. The summed E-state index contributed by atoms with van der Waals surface area (Å²) >= 11 is 2.63. The molecule has 16 heteroatoms. The van der Waals surface area contributed by atoms with E-state index in [9.17, 15) is 28.6 Å². The zero-order valence-corrected chi connectivity index (χ0v) is 43.3. The van der Waals surface area contributed by atoms with E-state index in [-0.39, 0.29) is 31.0 Å². The number of phosphoric acid groups is 1. The number of likely N-dealkylation sites (N-methyl/N-ethyl adjacent to an activating group) is 1. The number of ether oxygens (including phenoxy) is 4. The molecule has 70 heavy (non-hydrogen) atoms. The Bertz CT molecular complexity index is 2550. The van der Waals surface area contributed by atoms with E-state index in [1.165, 1.54) is 36.4 Å². The Kier molecular flexibility index (Phi) is 20.5. The molecule has 0 spiro atoms. The lowest BCUT2D eigenvalue weighted by Crippen LogP contribution is -2.37. The van der Waals surface area contributed by atoms with Crippen molar-refractivity contribution >= 4 is 67.0 Å². The Morgan fingerprint density at radius 2 is 1.11 bits per heavy atom. The molecule has 2 atom stereocenters. The van der Waals surface area contributed by atoms with Gasteiger partial charge in [0.1, 0.15) is 31.3 Å². The van der Waals surface area contributed by atoms with Gasteiger partial charge in [0.05, 0.1) is 63.6 Å². The number of esters is 2. The highest BCUT2D eigenvalue weighted by Crippen LogP contribution is 2.45. The van der Waals surface area contributed by atoms with E-state index in [1.54, 1.807) is 30.3 Å². The molecule has 0 aromatic heterocycles. The quantitative estimate of drug-likeness (QED) is 0.0188. The summed E-state index contributed by atoms with van der Waals surface area (Å²) in [5, 5.41) is 0. The third-order valence-electron chi connectivity index (χ3n) is 11.3. The van der Waals surface area contributed by atoms with Crippen LogP contribution in [0.4, 0.5) is 0 Å². The summed E-state index contributed by atoms with van der Waals surface area (Å²) in [4.78, 5) is 67.6. The largest absolute Gasteiger partial charge is 0.494 e. The Hall–Kier alpha value is -4.99.